The van der Waals surface area contributed by atoms with Crippen molar-refractivity contribution < 1.29 is 4.79 Å². The molecule has 2 rings (SSSR count). The van der Waals surface area contributed by atoms with E-state index in [9.17, 15) is 4.79 Å². The first-order valence-corrected chi connectivity index (χ1v) is 8.00. The zero-order chi connectivity index (χ0) is 14.5. The van der Waals surface area contributed by atoms with Crippen LogP contribution in [0.2, 0.25) is 0 Å². The number of rotatable bonds is 5. The number of hydrogen-bond acceptors (Lipinski definition) is 2. The van der Waals surface area contributed by atoms with Crippen molar-refractivity contribution in [2.75, 3.05) is 5.73 Å². The van der Waals surface area contributed by atoms with Crippen molar-refractivity contribution in [3.8, 4) is 0 Å². The smallest absolute Gasteiger partial charge is 0.136 e. The Bertz CT molecular complexity index is 437. The minimum Gasteiger partial charge on any atom is -0.399 e. The van der Waals surface area contributed by atoms with Gasteiger partial charge in [-0.15, -0.1) is 0 Å². The maximum Gasteiger partial charge on any atom is 0.136 e. The van der Waals surface area contributed by atoms with Gasteiger partial charge in [0.2, 0.25) is 0 Å². The molecule has 0 bridgehead atoms. The SMILES string of the molecule is CCC1CCCCC1C(=O)CC(C)c1ccc(N)cc1. The number of ketones is 1. The Balaban J connectivity index is 1.97. The molecule has 1 aromatic rings. The number of nitrogens with two attached hydrogens (primary N) is 1. The summed E-state index contributed by atoms with van der Waals surface area (Å²) < 4.78 is 0. The molecular weight excluding hydrogens is 246 g/mol. The van der Waals surface area contributed by atoms with E-state index in [1.165, 1.54) is 24.8 Å². The number of hydrogen-bond donors (Lipinski definition) is 1. The molecule has 1 aromatic carbocycles. The molecule has 2 nitrogen and oxygen atoms in total. The van der Waals surface area contributed by atoms with Crippen LogP contribution in [0.25, 0.3) is 0 Å². The summed E-state index contributed by atoms with van der Waals surface area (Å²) in [4.78, 5) is 12.6. The van der Waals surface area contributed by atoms with Gasteiger partial charge in [-0.05, 0) is 42.4 Å². The lowest BCUT2D eigenvalue weighted by Gasteiger charge is -2.30. The second-order valence-electron chi connectivity index (χ2n) is 6.30. The number of anilines is 1. The number of Topliss-reactive ketones (excluding diaryl/α,β-unsaturated/α-hetero) is 1. The Morgan fingerprint density at radius 2 is 1.90 bits per heavy atom. The van der Waals surface area contributed by atoms with Crippen LogP contribution in [0.3, 0.4) is 0 Å². The number of carbonyl (C=O) groups is 1. The van der Waals surface area contributed by atoms with Crippen LogP contribution in [-0.4, -0.2) is 5.78 Å². The zero-order valence-corrected chi connectivity index (χ0v) is 12.8. The van der Waals surface area contributed by atoms with Crippen molar-refractivity contribution in [3.63, 3.8) is 0 Å². The van der Waals surface area contributed by atoms with E-state index in [4.69, 9.17) is 5.73 Å². The van der Waals surface area contributed by atoms with Crippen molar-refractivity contribution in [3.05, 3.63) is 29.8 Å². The second kappa shape index (κ2) is 6.92. The van der Waals surface area contributed by atoms with Gasteiger partial charge in [0.25, 0.3) is 0 Å². The van der Waals surface area contributed by atoms with Crippen molar-refractivity contribution in [2.45, 2.75) is 58.3 Å². The van der Waals surface area contributed by atoms with Crippen molar-refractivity contribution in [2.24, 2.45) is 11.8 Å². The Hall–Kier alpha value is -1.31. The first kappa shape index (κ1) is 15.1. The van der Waals surface area contributed by atoms with Crippen LogP contribution in [-0.2, 0) is 4.79 Å². The van der Waals surface area contributed by atoms with Crippen LogP contribution in [0.1, 0.15) is 63.9 Å². The molecule has 1 aliphatic carbocycles. The molecule has 1 aliphatic rings. The highest BCUT2D eigenvalue weighted by atomic mass is 16.1. The molecule has 1 fully saturated rings. The van der Waals surface area contributed by atoms with Gasteiger partial charge in [-0.2, -0.15) is 0 Å². The lowest BCUT2D eigenvalue weighted by molar-refractivity contribution is -0.126. The molecule has 2 N–H and O–H groups in total. The average molecular weight is 273 g/mol. The van der Waals surface area contributed by atoms with Crippen LogP contribution in [0.5, 0.6) is 0 Å². The molecule has 3 atom stereocenters. The summed E-state index contributed by atoms with van der Waals surface area (Å²) in [7, 11) is 0. The van der Waals surface area contributed by atoms with E-state index in [0.717, 1.165) is 18.5 Å². The lowest BCUT2D eigenvalue weighted by atomic mass is 9.74. The van der Waals surface area contributed by atoms with E-state index in [-0.39, 0.29) is 0 Å². The van der Waals surface area contributed by atoms with Crippen LogP contribution >= 0.6 is 0 Å². The molecular formula is C18H27NO. The van der Waals surface area contributed by atoms with Crippen LogP contribution in [0, 0.1) is 11.8 Å². The van der Waals surface area contributed by atoms with Crippen molar-refractivity contribution in [1.82, 2.24) is 0 Å². The largest absolute Gasteiger partial charge is 0.399 e. The van der Waals surface area contributed by atoms with Gasteiger partial charge in [0.1, 0.15) is 5.78 Å². The Kier molecular flexibility index (Phi) is 5.22. The highest BCUT2D eigenvalue weighted by Gasteiger charge is 2.30. The number of nitrogen functional groups attached to an aromatic ring is 1. The molecule has 2 heteroatoms. The van der Waals surface area contributed by atoms with Gasteiger partial charge in [0.15, 0.2) is 0 Å². The van der Waals surface area contributed by atoms with E-state index in [2.05, 4.69) is 13.8 Å². The Morgan fingerprint density at radius 3 is 2.55 bits per heavy atom. The third kappa shape index (κ3) is 3.62. The van der Waals surface area contributed by atoms with E-state index < -0.39 is 0 Å². The summed E-state index contributed by atoms with van der Waals surface area (Å²) in [5.74, 6) is 1.70. The quantitative estimate of drug-likeness (QED) is 0.800. The highest BCUT2D eigenvalue weighted by Crippen LogP contribution is 2.35. The van der Waals surface area contributed by atoms with Gasteiger partial charge in [-0.1, -0.05) is 45.2 Å². The summed E-state index contributed by atoms with van der Waals surface area (Å²) in [6, 6.07) is 7.94. The monoisotopic (exact) mass is 273 g/mol. The summed E-state index contributed by atoms with van der Waals surface area (Å²) in [5.41, 5.74) is 7.72. The molecule has 110 valence electrons. The number of carbonyl (C=O) groups excluding carboxylic acids is 1. The predicted octanol–water partition coefficient (Wildman–Crippen LogP) is 4.55. The standard InChI is InChI=1S/C18H27NO/c1-3-14-6-4-5-7-17(14)18(20)12-13(2)15-8-10-16(19)11-9-15/h8-11,13-14,17H,3-7,12,19H2,1-2H3. The molecule has 0 saturated heterocycles. The van der Waals surface area contributed by atoms with Crippen LogP contribution < -0.4 is 5.73 Å². The fraction of sp³-hybridized carbons (Fsp3) is 0.611. The third-order valence-corrected chi connectivity index (χ3v) is 4.86. The number of benzene rings is 1. The van der Waals surface area contributed by atoms with E-state index in [1.54, 1.807) is 0 Å². The topological polar surface area (TPSA) is 43.1 Å². The Labute approximate surface area is 122 Å². The molecule has 1 saturated carbocycles. The van der Waals surface area contributed by atoms with E-state index in [0.29, 0.717) is 30.0 Å². The molecule has 3 unspecified atom stereocenters. The lowest BCUT2D eigenvalue weighted by Crippen LogP contribution is -2.27. The van der Waals surface area contributed by atoms with Gasteiger partial charge >= 0.3 is 0 Å². The molecule has 20 heavy (non-hydrogen) atoms. The predicted molar refractivity (Wildman–Crippen MR) is 84.6 cm³/mol. The zero-order valence-electron chi connectivity index (χ0n) is 12.8. The molecule has 0 aliphatic heterocycles. The fourth-order valence-corrected chi connectivity index (χ4v) is 3.52. The summed E-state index contributed by atoms with van der Waals surface area (Å²) in [6.45, 7) is 4.37. The molecule has 0 heterocycles. The van der Waals surface area contributed by atoms with E-state index >= 15 is 0 Å². The molecule has 0 aromatic heterocycles. The van der Waals surface area contributed by atoms with Gasteiger partial charge in [0.05, 0.1) is 0 Å². The van der Waals surface area contributed by atoms with Gasteiger partial charge in [-0.3, -0.25) is 4.79 Å². The average Bonchev–Trinajstić information content (AvgIpc) is 2.47. The minimum absolute atomic E-state index is 0.294. The molecule has 0 spiro atoms. The van der Waals surface area contributed by atoms with Gasteiger partial charge in [0, 0.05) is 18.0 Å². The minimum atomic E-state index is 0.294. The normalized spacial score (nSPS) is 24.3. The second-order valence-corrected chi connectivity index (χ2v) is 6.30. The first-order valence-electron chi connectivity index (χ1n) is 8.00. The summed E-state index contributed by atoms with van der Waals surface area (Å²) in [5, 5.41) is 0. The van der Waals surface area contributed by atoms with Gasteiger partial charge < -0.3 is 5.73 Å². The van der Waals surface area contributed by atoms with Gasteiger partial charge in [-0.25, -0.2) is 0 Å². The molecule has 0 radical (unpaired) electrons. The first-order chi connectivity index (χ1) is 9.61. The van der Waals surface area contributed by atoms with Crippen molar-refractivity contribution in [1.29, 1.82) is 0 Å². The van der Waals surface area contributed by atoms with E-state index in [1.807, 2.05) is 24.3 Å². The highest BCUT2D eigenvalue weighted by molar-refractivity contribution is 5.82. The third-order valence-electron chi connectivity index (χ3n) is 4.86. The summed E-state index contributed by atoms with van der Waals surface area (Å²) in [6.07, 6.45) is 6.69. The van der Waals surface area contributed by atoms with Crippen LogP contribution in [0.15, 0.2) is 24.3 Å². The van der Waals surface area contributed by atoms with Crippen LogP contribution in [0.4, 0.5) is 5.69 Å². The maximum absolute atomic E-state index is 12.6. The summed E-state index contributed by atoms with van der Waals surface area (Å²) >= 11 is 0. The molecule has 0 amide bonds. The Morgan fingerprint density at radius 1 is 1.25 bits per heavy atom. The van der Waals surface area contributed by atoms with Crippen molar-refractivity contribution >= 4 is 11.5 Å². The fourth-order valence-electron chi connectivity index (χ4n) is 3.52. The maximum atomic E-state index is 12.6.